The molecule has 0 atom stereocenters. The minimum Gasteiger partial charge on any atom is -0.250 e. The fourth-order valence-electron chi connectivity index (χ4n) is 8.51. The van der Waals surface area contributed by atoms with Crippen LogP contribution in [-0.2, 0) is 10.8 Å². The van der Waals surface area contributed by atoms with E-state index in [1.165, 1.54) is 68.3 Å². The quantitative estimate of drug-likeness (QED) is 0.164. The van der Waals surface area contributed by atoms with Gasteiger partial charge in [-0.05, 0) is 84.0 Å². The first kappa shape index (κ1) is 35.6. The van der Waals surface area contributed by atoms with Crippen molar-refractivity contribution >= 4 is 75.3 Å². The van der Waals surface area contributed by atoms with Gasteiger partial charge in [0.25, 0.3) is 0 Å². The van der Waals surface area contributed by atoms with Gasteiger partial charge in [-0.3, -0.25) is 4.98 Å². The third kappa shape index (κ3) is 5.70. The lowest BCUT2D eigenvalue weighted by Gasteiger charge is -2.25. The van der Waals surface area contributed by atoms with Crippen LogP contribution in [0.1, 0.15) is 61.5 Å². The first-order valence-electron chi connectivity index (χ1n) is 19.7. The van der Waals surface area contributed by atoms with Gasteiger partial charge in [0, 0.05) is 47.3 Å². The Labute approximate surface area is 341 Å². The van der Waals surface area contributed by atoms with E-state index in [0.717, 1.165) is 44.8 Å². The molecule has 0 amide bonds. The number of nitrogens with zero attached hydrogens (tertiary/aromatic N) is 3. The van der Waals surface area contributed by atoms with Crippen LogP contribution in [0.15, 0.2) is 133 Å². The molecule has 278 valence electrons. The van der Waals surface area contributed by atoms with Gasteiger partial charge in [0.2, 0.25) is 0 Å². The molecule has 0 fully saturated rings. The summed E-state index contributed by atoms with van der Waals surface area (Å²) in [6, 6.07) is 48.0. The lowest BCUT2D eigenvalue weighted by Crippen LogP contribution is -2.25. The number of hydrogen-bond acceptors (Lipinski definition) is 5. The van der Waals surface area contributed by atoms with Gasteiger partial charge in [-0.25, -0.2) is 9.97 Å². The third-order valence-electron chi connectivity index (χ3n) is 11.7. The zero-order chi connectivity index (χ0) is 39.2. The summed E-state index contributed by atoms with van der Waals surface area (Å²) in [7, 11) is 0. The van der Waals surface area contributed by atoms with Crippen molar-refractivity contribution in [2.24, 2.45) is 0 Å². The van der Waals surface area contributed by atoms with Gasteiger partial charge in [-0.15, -0.1) is 22.7 Å². The largest absolute Gasteiger partial charge is 0.250 e. The van der Waals surface area contributed by atoms with E-state index < -0.39 is 5.41 Å². The molecule has 0 spiro atoms. The van der Waals surface area contributed by atoms with Crippen LogP contribution < -0.4 is 0 Å². The minimum absolute atomic E-state index is 0.0626. The highest BCUT2D eigenvalue weighted by atomic mass is 32.1. The SMILES string of the molecule is Cc1sc2c(C(C)(C)c3nc(-c4ccccc4)c4ccc5ccccc5c4n3)nc(-c3cc4ccccc4c4c(-c5ccccc5)c(C(C)(C)C)sc34)cc2c1C. The zero-order valence-electron chi connectivity index (χ0n) is 33.4. The Morgan fingerprint density at radius 1 is 0.526 bits per heavy atom. The standard InChI is InChI=1S/C52H43N3S2/c1-30-31(2)56-47-39(30)29-41(40-28-35-23-15-16-24-36(35)43-42(33-19-10-8-11-20-33)49(51(3,4)5)57-46(40)43)53-48(47)52(6,7)50-54-44(34-21-12-9-13-22-34)38-27-26-32-18-14-17-25-37(32)45(38)55-50/h8-29H,1-7H3. The molecule has 4 aromatic heterocycles. The van der Waals surface area contributed by atoms with E-state index in [0.29, 0.717) is 0 Å². The molecule has 0 aliphatic heterocycles. The Hall–Kier alpha value is -5.75. The number of fused-ring (bicyclic) bond motifs is 7. The topological polar surface area (TPSA) is 38.7 Å². The van der Waals surface area contributed by atoms with Gasteiger partial charge in [0.1, 0.15) is 5.82 Å². The van der Waals surface area contributed by atoms with Crippen LogP contribution in [0.2, 0.25) is 0 Å². The van der Waals surface area contributed by atoms with E-state index in [-0.39, 0.29) is 5.41 Å². The maximum absolute atomic E-state index is 5.79. The number of benzene rings is 6. The Morgan fingerprint density at radius 3 is 1.89 bits per heavy atom. The van der Waals surface area contributed by atoms with Crippen molar-refractivity contribution in [2.75, 3.05) is 0 Å². The molecule has 0 saturated carbocycles. The normalized spacial score (nSPS) is 12.5. The molecule has 0 N–H and O–H groups in total. The van der Waals surface area contributed by atoms with Gasteiger partial charge in [-0.1, -0.05) is 136 Å². The van der Waals surface area contributed by atoms with Crippen molar-refractivity contribution in [3.05, 3.63) is 160 Å². The molecule has 57 heavy (non-hydrogen) atoms. The molecule has 0 aliphatic rings. The van der Waals surface area contributed by atoms with E-state index >= 15 is 0 Å². The summed E-state index contributed by atoms with van der Waals surface area (Å²) in [5.41, 5.74) is 9.31. The average molecular weight is 774 g/mol. The van der Waals surface area contributed by atoms with Crippen LogP contribution in [0.3, 0.4) is 0 Å². The molecule has 0 unspecified atom stereocenters. The average Bonchev–Trinajstić information content (AvgIpc) is 3.78. The number of thiophene rings is 2. The van der Waals surface area contributed by atoms with E-state index in [1.807, 2.05) is 22.7 Å². The van der Waals surface area contributed by atoms with Crippen LogP contribution >= 0.6 is 22.7 Å². The van der Waals surface area contributed by atoms with Crippen molar-refractivity contribution in [3.63, 3.8) is 0 Å². The molecule has 5 heteroatoms. The highest BCUT2D eigenvalue weighted by molar-refractivity contribution is 7.20. The number of aryl methyl sites for hydroxylation is 2. The Balaban J connectivity index is 1.29. The highest BCUT2D eigenvalue weighted by Gasteiger charge is 2.34. The van der Waals surface area contributed by atoms with E-state index in [1.54, 1.807) is 0 Å². The van der Waals surface area contributed by atoms with E-state index in [2.05, 4.69) is 182 Å². The summed E-state index contributed by atoms with van der Waals surface area (Å²) in [6.45, 7) is 16.0. The molecule has 3 nitrogen and oxygen atoms in total. The fourth-order valence-corrected chi connectivity index (χ4v) is 11.2. The second kappa shape index (κ2) is 13.2. The number of hydrogen-bond donors (Lipinski definition) is 0. The van der Waals surface area contributed by atoms with Crippen molar-refractivity contribution in [3.8, 4) is 33.6 Å². The third-order valence-corrected chi connectivity index (χ3v) is 14.5. The van der Waals surface area contributed by atoms with Crippen molar-refractivity contribution in [1.29, 1.82) is 0 Å². The van der Waals surface area contributed by atoms with Crippen LogP contribution in [0.25, 0.3) is 86.3 Å². The van der Waals surface area contributed by atoms with Crippen molar-refractivity contribution in [1.82, 2.24) is 15.0 Å². The predicted octanol–water partition coefficient (Wildman–Crippen LogP) is 15.0. The molecule has 4 heterocycles. The zero-order valence-corrected chi connectivity index (χ0v) is 35.0. The van der Waals surface area contributed by atoms with Crippen LogP contribution in [0, 0.1) is 13.8 Å². The van der Waals surface area contributed by atoms with Gasteiger partial charge in [-0.2, -0.15) is 0 Å². The summed E-state index contributed by atoms with van der Waals surface area (Å²) >= 11 is 3.76. The summed E-state index contributed by atoms with van der Waals surface area (Å²) in [5.74, 6) is 0.765. The number of aromatic nitrogens is 3. The van der Waals surface area contributed by atoms with Crippen LogP contribution in [0.4, 0.5) is 0 Å². The Kier molecular flexibility index (Phi) is 8.23. The first-order valence-corrected chi connectivity index (χ1v) is 21.3. The summed E-state index contributed by atoms with van der Waals surface area (Å²) in [4.78, 5) is 19.5. The summed E-state index contributed by atoms with van der Waals surface area (Å²) in [5, 5.41) is 8.39. The second-order valence-corrected chi connectivity index (χ2v) is 19.1. The molecule has 0 bridgehead atoms. The highest BCUT2D eigenvalue weighted by Crippen LogP contribution is 2.51. The summed E-state index contributed by atoms with van der Waals surface area (Å²) in [6.07, 6.45) is 0. The number of rotatable bonds is 5. The molecular weight excluding hydrogens is 731 g/mol. The molecule has 0 aliphatic carbocycles. The first-order chi connectivity index (χ1) is 27.5. The maximum atomic E-state index is 5.79. The Morgan fingerprint density at radius 2 is 1.18 bits per heavy atom. The van der Waals surface area contributed by atoms with Gasteiger partial charge in [0.05, 0.1) is 32.7 Å². The summed E-state index contributed by atoms with van der Waals surface area (Å²) < 4.78 is 2.47. The molecule has 10 aromatic rings. The minimum atomic E-state index is -0.649. The van der Waals surface area contributed by atoms with Crippen LogP contribution in [-0.4, -0.2) is 15.0 Å². The molecule has 6 aromatic carbocycles. The lowest BCUT2D eigenvalue weighted by atomic mass is 9.85. The van der Waals surface area contributed by atoms with Crippen molar-refractivity contribution in [2.45, 2.75) is 59.3 Å². The van der Waals surface area contributed by atoms with Crippen LogP contribution in [0.5, 0.6) is 0 Å². The lowest BCUT2D eigenvalue weighted by molar-refractivity contribution is 0.582. The smallest absolute Gasteiger partial charge is 0.141 e. The van der Waals surface area contributed by atoms with Crippen molar-refractivity contribution < 1.29 is 0 Å². The maximum Gasteiger partial charge on any atom is 0.141 e. The van der Waals surface area contributed by atoms with Gasteiger partial charge in [0.15, 0.2) is 0 Å². The molecule has 0 saturated heterocycles. The predicted molar refractivity (Wildman–Crippen MR) is 246 cm³/mol. The number of pyridine rings is 1. The van der Waals surface area contributed by atoms with E-state index in [9.17, 15) is 0 Å². The monoisotopic (exact) mass is 773 g/mol. The fraction of sp³-hybridized carbons (Fsp3) is 0.173. The molecular formula is C52H43N3S2. The Bertz CT molecular complexity index is 3200. The second-order valence-electron chi connectivity index (χ2n) is 16.9. The molecule has 10 rings (SSSR count). The van der Waals surface area contributed by atoms with E-state index in [4.69, 9.17) is 15.0 Å². The van der Waals surface area contributed by atoms with Gasteiger partial charge < -0.3 is 0 Å². The van der Waals surface area contributed by atoms with Gasteiger partial charge >= 0.3 is 0 Å². The molecule has 0 radical (unpaired) electrons.